The molecule has 3 heterocycles. The molecule has 14 heteroatoms. The van der Waals surface area contributed by atoms with Crippen molar-refractivity contribution in [3.8, 4) is 0 Å². The van der Waals surface area contributed by atoms with Gasteiger partial charge in [0, 0.05) is 5.56 Å². The zero-order chi connectivity index (χ0) is 39.1. The van der Waals surface area contributed by atoms with Gasteiger partial charge in [0.05, 0.1) is 18.5 Å². The number of aliphatic hydroxyl groups is 1. The number of carbonyl (C=O) groups is 2. The molecule has 4 aromatic carbocycles. The molecule has 0 unspecified atom stereocenters. The van der Waals surface area contributed by atoms with Crippen LogP contribution in [0.4, 0.5) is 5.82 Å². The van der Waals surface area contributed by atoms with Gasteiger partial charge in [-0.15, -0.1) is 0 Å². The van der Waals surface area contributed by atoms with Gasteiger partial charge in [-0.2, -0.15) is 0 Å². The fourth-order valence-electron chi connectivity index (χ4n) is 7.04. The van der Waals surface area contributed by atoms with Gasteiger partial charge in [0.25, 0.3) is 14.2 Å². The van der Waals surface area contributed by atoms with E-state index < -0.39 is 38.8 Å². The fraction of sp³-hybridized carbons (Fsp3) is 0.262. The van der Waals surface area contributed by atoms with Crippen molar-refractivity contribution in [2.45, 2.75) is 50.3 Å². The van der Waals surface area contributed by atoms with E-state index in [0.717, 1.165) is 10.4 Å². The summed E-state index contributed by atoms with van der Waals surface area (Å²) in [6, 6.07) is 37.7. The van der Waals surface area contributed by atoms with Crippen LogP contribution in [-0.4, -0.2) is 83.3 Å². The lowest BCUT2D eigenvalue weighted by Gasteiger charge is -2.43. The molecule has 13 nitrogen and oxygen atoms in total. The smallest absolute Gasteiger partial charge is 0.340 e. The largest absolute Gasteiger partial charge is 0.435 e. The van der Waals surface area contributed by atoms with E-state index in [2.05, 4.69) is 65.3 Å². The van der Waals surface area contributed by atoms with Crippen LogP contribution in [0.2, 0.25) is 5.04 Å². The van der Waals surface area contributed by atoms with Gasteiger partial charge in [-0.25, -0.2) is 19.7 Å². The second kappa shape index (κ2) is 17.0. The van der Waals surface area contributed by atoms with E-state index in [1.807, 2.05) is 42.5 Å². The maximum atomic E-state index is 13.0. The maximum absolute atomic E-state index is 13.0. The zero-order valence-corrected chi connectivity index (χ0v) is 32.2. The van der Waals surface area contributed by atoms with Gasteiger partial charge in [-0.05, 0) is 39.7 Å². The molecule has 0 saturated carbocycles. The molecule has 2 aromatic heterocycles. The highest BCUT2D eigenvalue weighted by atomic mass is 28.4. The molecule has 56 heavy (non-hydrogen) atoms. The summed E-state index contributed by atoms with van der Waals surface area (Å²) in [5.41, 5.74) is 1.48. The van der Waals surface area contributed by atoms with E-state index >= 15 is 0 Å². The molecule has 1 aliphatic rings. The molecule has 0 aliphatic carbocycles. The summed E-state index contributed by atoms with van der Waals surface area (Å²) in [5, 5.41) is 16.6. The van der Waals surface area contributed by atoms with Crippen LogP contribution in [0.3, 0.4) is 0 Å². The highest BCUT2D eigenvalue weighted by Gasteiger charge is 2.53. The van der Waals surface area contributed by atoms with Crippen LogP contribution in [0.5, 0.6) is 0 Å². The number of imidazole rings is 1. The Bertz CT molecular complexity index is 2180. The van der Waals surface area contributed by atoms with Gasteiger partial charge < -0.3 is 33.8 Å². The van der Waals surface area contributed by atoms with Gasteiger partial charge in [0.1, 0.15) is 24.6 Å². The maximum Gasteiger partial charge on any atom is 0.340 e. The Morgan fingerprint density at radius 1 is 0.804 bits per heavy atom. The van der Waals surface area contributed by atoms with Crippen LogP contribution in [0.15, 0.2) is 134 Å². The lowest BCUT2D eigenvalue weighted by molar-refractivity contribution is -0.164. The van der Waals surface area contributed by atoms with Gasteiger partial charge in [-0.1, -0.05) is 118 Å². The van der Waals surface area contributed by atoms with E-state index in [1.165, 1.54) is 12.7 Å². The fourth-order valence-corrected chi connectivity index (χ4v) is 11.6. The molecule has 0 spiro atoms. The number of fused-ring (bicyclic) bond motifs is 1. The predicted molar refractivity (Wildman–Crippen MR) is 211 cm³/mol. The number of anilines is 1. The van der Waals surface area contributed by atoms with E-state index in [1.54, 1.807) is 59.2 Å². The van der Waals surface area contributed by atoms with Gasteiger partial charge in [0.2, 0.25) is 0 Å². The summed E-state index contributed by atoms with van der Waals surface area (Å²) in [6.45, 7) is 5.83. The number of nitrogens with zero attached hydrogens (tertiary/aromatic N) is 4. The van der Waals surface area contributed by atoms with Crippen molar-refractivity contribution in [3.63, 3.8) is 0 Å². The SMILES string of the molecule is CC(C)(C)[Si](OC[C@H]1O[C@@H](n2cnc3c(NC(=O)c4ccccc4)ncnc32)[C@H](OCOCOC(=O)c2ccccc2)[C@@H]1O)(c1ccccc1)c1ccccc1. The number of hydrogen-bond acceptors (Lipinski definition) is 11. The molecule has 0 bridgehead atoms. The van der Waals surface area contributed by atoms with Crippen LogP contribution in [0, 0.1) is 0 Å². The summed E-state index contributed by atoms with van der Waals surface area (Å²) in [6.07, 6.45) is -1.23. The summed E-state index contributed by atoms with van der Waals surface area (Å²) < 4.78 is 32.3. The topological polar surface area (TPSA) is 156 Å². The molecular weight excluding hydrogens is 731 g/mol. The van der Waals surface area contributed by atoms with Crippen LogP contribution in [0.1, 0.15) is 47.7 Å². The minimum atomic E-state index is -3.01. The predicted octanol–water partition coefficient (Wildman–Crippen LogP) is 5.09. The van der Waals surface area contributed by atoms with E-state index in [4.69, 9.17) is 23.4 Å². The quantitative estimate of drug-likeness (QED) is 0.0659. The molecule has 0 radical (unpaired) electrons. The van der Waals surface area contributed by atoms with Crippen molar-refractivity contribution in [1.29, 1.82) is 0 Å². The first-order valence-corrected chi connectivity index (χ1v) is 20.1. The number of ether oxygens (including phenoxy) is 4. The number of amides is 1. The van der Waals surface area contributed by atoms with E-state index in [9.17, 15) is 14.7 Å². The normalized spacial score (nSPS) is 18.5. The Morgan fingerprint density at radius 3 is 2.00 bits per heavy atom. The summed E-state index contributed by atoms with van der Waals surface area (Å²) in [7, 11) is -3.01. The summed E-state index contributed by atoms with van der Waals surface area (Å²) >= 11 is 0. The molecule has 1 aliphatic heterocycles. The Balaban J connectivity index is 1.16. The third kappa shape index (κ3) is 8.02. The van der Waals surface area contributed by atoms with Crippen molar-refractivity contribution in [2.75, 3.05) is 25.5 Å². The first-order valence-electron chi connectivity index (χ1n) is 18.2. The number of nitrogens with one attached hydrogen (secondary N) is 1. The number of aromatic nitrogens is 4. The third-order valence-corrected chi connectivity index (χ3v) is 14.7. The molecule has 6 aromatic rings. The van der Waals surface area contributed by atoms with E-state index in [-0.39, 0.29) is 37.0 Å². The van der Waals surface area contributed by atoms with Crippen molar-refractivity contribution < 1.29 is 38.1 Å². The monoisotopic (exact) mass is 773 g/mol. The van der Waals surface area contributed by atoms with Gasteiger partial charge >= 0.3 is 5.97 Å². The Labute approximate surface area is 325 Å². The minimum Gasteiger partial charge on any atom is -0.435 e. The second-order valence-corrected chi connectivity index (χ2v) is 18.6. The molecular formula is C42H43N5O8Si. The van der Waals surface area contributed by atoms with Gasteiger partial charge in [-0.3, -0.25) is 9.36 Å². The van der Waals surface area contributed by atoms with Crippen molar-refractivity contribution in [2.24, 2.45) is 0 Å². The Morgan fingerprint density at radius 2 is 1.39 bits per heavy atom. The molecule has 288 valence electrons. The molecule has 2 N–H and O–H groups in total. The standard InChI is InChI=1S/C42H43N5O8Si/c1-42(2,3)56(31-20-12-6-13-21-31,32-22-14-7-15-23-32)54-24-33-35(48)36(52-27-51-28-53-41(50)30-18-10-5-11-19-30)40(55-33)47-26-45-34-37(43-25-44-38(34)47)46-39(49)29-16-8-4-9-17-29/h4-23,25-26,33,35-36,40,48H,24,27-28H2,1-3H3,(H,43,44,46,49)/t33-,35-,36-,40-/m1/s1. The molecule has 1 fully saturated rings. The number of carbonyl (C=O) groups excluding carboxylic acids is 2. The third-order valence-electron chi connectivity index (χ3n) is 9.72. The van der Waals surface area contributed by atoms with Crippen molar-refractivity contribution >= 4 is 47.5 Å². The minimum absolute atomic E-state index is 0.0281. The number of benzene rings is 4. The second-order valence-electron chi connectivity index (χ2n) is 14.3. The molecule has 4 atom stereocenters. The number of esters is 1. The lowest BCUT2D eigenvalue weighted by atomic mass is 10.1. The molecule has 1 saturated heterocycles. The Kier molecular flexibility index (Phi) is 11.8. The molecule has 7 rings (SSSR count). The first kappa shape index (κ1) is 38.7. The highest BCUT2D eigenvalue weighted by Crippen LogP contribution is 2.39. The molecule has 1 amide bonds. The average Bonchev–Trinajstić information content (AvgIpc) is 3.79. The van der Waals surface area contributed by atoms with Crippen molar-refractivity contribution in [1.82, 2.24) is 19.5 Å². The van der Waals surface area contributed by atoms with Gasteiger partial charge in [0.15, 0.2) is 36.8 Å². The zero-order valence-electron chi connectivity index (χ0n) is 31.2. The average molecular weight is 774 g/mol. The number of aliphatic hydroxyl groups excluding tert-OH is 1. The van der Waals surface area contributed by atoms with Crippen LogP contribution < -0.4 is 15.7 Å². The van der Waals surface area contributed by atoms with Crippen molar-refractivity contribution in [3.05, 3.63) is 145 Å². The van der Waals surface area contributed by atoms with Crippen LogP contribution in [0.25, 0.3) is 11.2 Å². The summed E-state index contributed by atoms with van der Waals surface area (Å²) in [5.74, 6) is -0.707. The highest BCUT2D eigenvalue weighted by molar-refractivity contribution is 6.99. The summed E-state index contributed by atoms with van der Waals surface area (Å²) in [4.78, 5) is 38.8. The van der Waals surface area contributed by atoms with Crippen LogP contribution >= 0.6 is 0 Å². The van der Waals surface area contributed by atoms with E-state index in [0.29, 0.717) is 22.3 Å². The lowest BCUT2D eigenvalue weighted by Crippen LogP contribution is -2.67. The number of hydrogen-bond donors (Lipinski definition) is 2. The number of rotatable bonds is 14. The first-order chi connectivity index (χ1) is 27.2. The Hall–Kier alpha value is -5.61. The van der Waals surface area contributed by atoms with Crippen LogP contribution in [-0.2, 0) is 23.4 Å².